The summed E-state index contributed by atoms with van der Waals surface area (Å²) in [7, 11) is 0. The number of carbonyl (C=O) groups excluding carboxylic acids is 2. The summed E-state index contributed by atoms with van der Waals surface area (Å²) < 4.78 is 16.7. The standard InChI is InChI=1S/C17H14BrClO5/c1-2-22-16-7-11(9-20)3-5-15(16)24-17(21)10-23-14-6-4-12(18)8-13(14)19/h3-9H,2,10H2,1H3. The normalized spacial score (nSPS) is 10.1. The molecule has 0 aliphatic carbocycles. The highest BCUT2D eigenvalue weighted by molar-refractivity contribution is 9.10. The van der Waals surface area contributed by atoms with Crippen molar-refractivity contribution in [2.75, 3.05) is 13.2 Å². The van der Waals surface area contributed by atoms with Gasteiger partial charge in [-0.3, -0.25) is 4.79 Å². The van der Waals surface area contributed by atoms with Crippen molar-refractivity contribution in [2.45, 2.75) is 6.92 Å². The lowest BCUT2D eigenvalue weighted by atomic mass is 10.2. The van der Waals surface area contributed by atoms with Crippen molar-refractivity contribution in [3.8, 4) is 17.2 Å². The van der Waals surface area contributed by atoms with E-state index in [0.29, 0.717) is 35.0 Å². The Bertz CT molecular complexity index is 748. The van der Waals surface area contributed by atoms with E-state index in [4.69, 9.17) is 25.8 Å². The third-order valence-electron chi connectivity index (χ3n) is 2.87. The fourth-order valence-electron chi connectivity index (χ4n) is 1.83. The van der Waals surface area contributed by atoms with Gasteiger partial charge in [-0.05, 0) is 43.3 Å². The Hall–Kier alpha value is -2.05. The van der Waals surface area contributed by atoms with Crippen LogP contribution in [0.2, 0.25) is 5.02 Å². The van der Waals surface area contributed by atoms with Gasteiger partial charge in [0.25, 0.3) is 0 Å². The SMILES string of the molecule is CCOc1cc(C=O)ccc1OC(=O)COc1ccc(Br)cc1Cl. The second-order valence-electron chi connectivity index (χ2n) is 4.59. The van der Waals surface area contributed by atoms with Crippen LogP contribution in [0.5, 0.6) is 17.2 Å². The zero-order valence-corrected chi connectivity index (χ0v) is 15.1. The van der Waals surface area contributed by atoms with Gasteiger partial charge in [-0.25, -0.2) is 4.79 Å². The molecule has 0 radical (unpaired) electrons. The Kier molecular flexibility index (Phi) is 6.63. The first kappa shape index (κ1) is 18.3. The lowest BCUT2D eigenvalue weighted by Crippen LogP contribution is -2.18. The van der Waals surface area contributed by atoms with E-state index in [9.17, 15) is 9.59 Å². The van der Waals surface area contributed by atoms with E-state index in [1.165, 1.54) is 18.2 Å². The minimum Gasteiger partial charge on any atom is -0.490 e. The zero-order chi connectivity index (χ0) is 17.5. The average molecular weight is 414 g/mol. The summed E-state index contributed by atoms with van der Waals surface area (Å²) in [6.07, 6.45) is 0.687. The molecule has 0 bridgehead atoms. The monoisotopic (exact) mass is 412 g/mol. The van der Waals surface area contributed by atoms with Gasteiger partial charge in [-0.15, -0.1) is 0 Å². The molecular weight excluding hydrogens is 400 g/mol. The first-order chi connectivity index (χ1) is 11.5. The second-order valence-corrected chi connectivity index (χ2v) is 5.92. The van der Waals surface area contributed by atoms with Gasteiger partial charge in [-0.2, -0.15) is 0 Å². The molecular formula is C17H14BrClO5. The molecule has 0 aliphatic rings. The third kappa shape index (κ3) is 4.97. The summed E-state index contributed by atoms with van der Waals surface area (Å²) in [5.74, 6) is 0.294. The fraction of sp³-hybridized carbons (Fsp3) is 0.176. The molecule has 7 heteroatoms. The lowest BCUT2D eigenvalue weighted by Gasteiger charge is -2.12. The van der Waals surface area contributed by atoms with Crippen molar-refractivity contribution in [3.63, 3.8) is 0 Å². The molecule has 0 saturated heterocycles. The van der Waals surface area contributed by atoms with Gasteiger partial charge < -0.3 is 14.2 Å². The van der Waals surface area contributed by atoms with Crippen LogP contribution in [-0.2, 0) is 4.79 Å². The average Bonchev–Trinajstić information content (AvgIpc) is 2.56. The van der Waals surface area contributed by atoms with Crippen LogP contribution in [0.4, 0.5) is 0 Å². The Balaban J connectivity index is 2.02. The summed E-state index contributed by atoms with van der Waals surface area (Å²) in [5, 5.41) is 0.377. The molecule has 0 unspecified atom stereocenters. The molecule has 2 aromatic carbocycles. The Labute approximate surface area is 152 Å². The molecule has 5 nitrogen and oxygen atoms in total. The molecule has 0 amide bonds. The van der Waals surface area contributed by atoms with Crippen LogP contribution in [0, 0.1) is 0 Å². The topological polar surface area (TPSA) is 61.8 Å². The summed E-state index contributed by atoms with van der Waals surface area (Å²) in [4.78, 5) is 22.8. The molecule has 2 rings (SSSR count). The summed E-state index contributed by atoms with van der Waals surface area (Å²) in [5.41, 5.74) is 0.427. The second kappa shape index (κ2) is 8.70. The van der Waals surface area contributed by atoms with E-state index in [0.717, 1.165) is 4.47 Å². The molecule has 0 spiro atoms. The van der Waals surface area contributed by atoms with Gasteiger partial charge in [0, 0.05) is 10.0 Å². The van der Waals surface area contributed by atoms with Gasteiger partial charge in [0.1, 0.15) is 12.0 Å². The van der Waals surface area contributed by atoms with E-state index in [1.807, 2.05) is 0 Å². The maximum atomic E-state index is 12.0. The molecule has 0 N–H and O–H groups in total. The maximum absolute atomic E-state index is 12.0. The van der Waals surface area contributed by atoms with Crippen molar-refractivity contribution in [1.29, 1.82) is 0 Å². The lowest BCUT2D eigenvalue weighted by molar-refractivity contribution is -0.136. The van der Waals surface area contributed by atoms with E-state index >= 15 is 0 Å². The number of aldehydes is 1. The number of ether oxygens (including phenoxy) is 3. The maximum Gasteiger partial charge on any atom is 0.349 e. The zero-order valence-electron chi connectivity index (χ0n) is 12.8. The molecule has 0 aromatic heterocycles. The molecule has 0 saturated carbocycles. The van der Waals surface area contributed by atoms with Gasteiger partial charge in [0.2, 0.25) is 0 Å². The van der Waals surface area contributed by atoms with E-state index in [-0.39, 0.29) is 12.4 Å². The van der Waals surface area contributed by atoms with Crippen LogP contribution < -0.4 is 14.2 Å². The molecule has 0 heterocycles. The number of hydrogen-bond donors (Lipinski definition) is 0. The largest absolute Gasteiger partial charge is 0.490 e. The van der Waals surface area contributed by atoms with Crippen LogP contribution in [-0.4, -0.2) is 25.5 Å². The quantitative estimate of drug-likeness (QED) is 0.385. The van der Waals surface area contributed by atoms with Crippen molar-refractivity contribution < 1.29 is 23.8 Å². The number of carbonyl (C=O) groups is 2. The van der Waals surface area contributed by atoms with Gasteiger partial charge in [-0.1, -0.05) is 27.5 Å². The predicted octanol–water partition coefficient (Wildman–Crippen LogP) is 4.30. The molecule has 0 atom stereocenters. The van der Waals surface area contributed by atoms with Gasteiger partial charge in [0.15, 0.2) is 18.1 Å². The highest BCUT2D eigenvalue weighted by Crippen LogP contribution is 2.29. The molecule has 24 heavy (non-hydrogen) atoms. The summed E-state index contributed by atoms with van der Waals surface area (Å²) in [6, 6.07) is 9.59. The first-order valence-electron chi connectivity index (χ1n) is 7.04. The van der Waals surface area contributed by atoms with Crippen LogP contribution >= 0.6 is 27.5 Å². The Morgan fingerprint density at radius 3 is 2.54 bits per heavy atom. The number of rotatable bonds is 7. The highest BCUT2D eigenvalue weighted by atomic mass is 79.9. The van der Waals surface area contributed by atoms with Crippen molar-refractivity contribution in [2.24, 2.45) is 0 Å². The predicted molar refractivity (Wildman–Crippen MR) is 93.3 cm³/mol. The van der Waals surface area contributed by atoms with Crippen LogP contribution in [0.1, 0.15) is 17.3 Å². The minimum absolute atomic E-state index is 0.220. The van der Waals surface area contributed by atoms with Crippen molar-refractivity contribution in [3.05, 3.63) is 51.5 Å². The molecule has 0 fully saturated rings. The highest BCUT2D eigenvalue weighted by Gasteiger charge is 2.13. The van der Waals surface area contributed by atoms with Gasteiger partial charge in [0.05, 0.1) is 11.6 Å². The molecule has 126 valence electrons. The van der Waals surface area contributed by atoms with E-state index in [1.54, 1.807) is 25.1 Å². The molecule has 2 aromatic rings. The minimum atomic E-state index is -0.617. The van der Waals surface area contributed by atoms with E-state index in [2.05, 4.69) is 15.9 Å². The number of hydrogen-bond acceptors (Lipinski definition) is 5. The van der Waals surface area contributed by atoms with E-state index < -0.39 is 5.97 Å². The Morgan fingerprint density at radius 1 is 1.12 bits per heavy atom. The van der Waals surface area contributed by atoms with Crippen molar-refractivity contribution >= 4 is 39.8 Å². The van der Waals surface area contributed by atoms with Crippen LogP contribution in [0.15, 0.2) is 40.9 Å². The molecule has 0 aliphatic heterocycles. The smallest absolute Gasteiger partial charge is 0.349 e. The number of esters is 1. The third-order valence-corrected chi connectivity index (χ3v) is 3.66. The summed E-state index contributed by atoms with van der Waals surface area (Å²) >= 11 is 9.30. The first-order valence-corrected chi connectivity index (χ1v) is 8.21. The number of halogens is 2. The van der Waals surface area contributed by atoms with Crippen LogP contribution in [0.3, 0.4) is 0 Å². The number of benzene rings is 2. The summed E-state index contributed by atoms with van der Waals surface area (Å²) in [6.45, 7) is 1.85. The van der Waals surface area contributed by atoms with Gasteiger partial charge >= 0.3 is 5.97 Å². The van der Waals surface area contributed by atoms with Crippen molar-refractivity contribution in [1.82, 2.24) is 0 Å². The fourth-order valence-corrected chi connectivity index (χ4v) is 2.56. The Morgan fingerprint density at radius 2 is 1.88 bits per heavy atom. The van der Waals surface area contributed by atoms with Crippen LogP contribution in [0.25, 0.3) is 0 Å².